The lowest BCUT2D eigenvalue weighted by atomic mass is 9.83. The van der Waals surface area contributed by atoms with E-state index in [4.69, 9.17) is 4.74 Å². The molecule has 0 aliphatic carbocycles. The van der Waals surface area contributed by atoms with Gasteiger partial charge in [0.15, 0.2) is 17.3 Å². The average molecular weight is 715 g/mol. The van der Waals surface area contributed by atoms with Crippen molar-refractivity contribution >= 4 is 49.1 Å². The van der Waals surface area contributed by atoms with Crippen LogP contribution in [0.3, 0.4) is 0 Å². The van der Waals surface area contributed by atoms with Crippen molar-refractivity contribution < 1.29 is 13.9 Å². The fraction of sp³-hybridized carbons (Fsp3) is 0.0196. The Balaban J connectivity index is 1.26. The van der Waals surface area contributed by atoms with Crippen LogP contribution < -0.4 is 13.9 Å². The lowest BCUT2D eigenvalue weighted by Gasteiger charge is -2.34. The number of hydrogen-bond donors (Lipinski definition) is 0. The molecule has 11 aromatic rings. The Morgan fingerprint density at radius 3 is 1.86 bits per heavy atom. The first-order valence-corrected chi connectivity index (χ1v) is 19.3. The molecule has 1 unspecified atom stereocenters. The molecule has 5 heteroatoms. The molecule has 0 bridgehead atoms. The number of benzene rings is 6. The predicted molar refractivity (Wildman–Crippen MR) is 222 cm³/mol. The lowest BCUT2D eigenvalue weighted by molar-refractivity contribution is -0.956. The SMILES string of the molecule is c1ccc(-c2c(-c3ccccc3)c3c4ccc5c6c4c4c(ccc[n+]4C64c6c(ccc7c8ccccc8n(c67)-c6cccc[n+]64)O5)n3c2-c2ccccc2)cc1. The molecule has 8 heterocycles. The van der Waals surface area contributed by atoms with Gasteiger partial charge >= 0.3 is 5.66 Å². The molecule has 1 spiro atoms. The fourth-order valence-electron chi connectivity index (χ4n) is 10.8. The minimum Gasteiger partial charge on any atom is -0.456 e. The van der Waals surface area contributed by atoms with Crippen LogP contribution in [0.5, 0.6) is 11.5 Å². The van der Waals surface area contributed by atoms with Crippen LogP contribution in [-0.4, -0.2) is 8.97 Å². The van der Waals surface area contributed by atoms with E-state index in [2.05, 4.69) is 200 Å². The molecule has 258 valence electrons. The summed E-state index contributed by atoms with van der Waals surface area (Å²) in [6, 6.07) is 61.8. The zero-order valence-corrected chi connectivity index (χ0v) is 30.0. The second-order valence-electron chi connectivity index (χ2n) is 15.2. The van der Waals surface area contributed by atoms with E-state index in [9.17, 15) is 0 Å². The van der Waals surface area contributed by atoms with Crippen LogP contribution in [0.25, 0.3) is 88.5 Å². The van der Waals surface area contributed by atoms with Crippen molar-refractivity contribution in [2.75, 3.05) is 0 Å². The van der Waals surface area contributed by atoms with Crippen molar-refractivity contribution in [1.29, 1.82) is 0 Å². The Morgan fingerprint density at radius 2 is 1.07 bits per heavy atom. The summed E-state index contributed by atoms with van der Waals surface area (Å²) in [6.45, 7) is 0. The lowest BCUT2D eigenvalue weighted by Crippen LogP contribution is -2.75. The van der Waals surface area contributed by atoms with Gasteiger partial charge in [-0.3, -0.25) is 0 Å². The summed E-state index contributed by atoms with van der Waals surface area (Å²) in [6.07, 6.45) is 4.57. The van der Waals surface area contributed by atoms with Gasteiger partial charge in [0.05, 0.1) is 22.8 Å². The third-order valence-corrected chi connectivity index (χ3v) is 12.7. The molecule has 56 heavy (non-hydrogen) atoms. The van der Waals surface area contributed by atoms with E-state index in [1.165, 1.54) is 88.2 Å². The van der Waals surface area contributed by atoms with Crippen molar-refractivity contribution in [2.24, 2.45) is 0 Å². The fourth-order valence-corrected chi connectivity index (χ4v) is 10.8. The van der Waals surface area contributed by atoms with E-state index < -0.39 is 5.66 Å². The zero-order valence-electron chi connectivity index (χ0n) is 30.0. The molecule has 0 saturated heterocycles. The molecule has 3 aliphatic rings. The van der Waals surface area contributed by atoms with Crippen LogP contribution >= 0.6 is 0 Å². The first-order chi connectivity index (χ1) is 27.8. The monoisotopic (exact) mass is 714 g/mol. The van der Waals surface area contributed by atoms with Crippen molar-refractivity contribution in [3.05, 3.63) is 193 Å². The number of pyridine rings is 3. The minimum absolute atomic E-state index is 0.744. The zero-order chi connectivity index (χ0) is 36.3. The number of ether oxygens (including phenoxy) is 1. The molecule has 0 radical (unpaired) electrons. The maximum atomic E-state index is 7.12. The van der Waals surface area contributed by atoms with Crippen LogP contribution in [0.4, 0.5) is 0 Å². The molecule has 5 nitrogen and oxygen atoms in total. The average Bonchev–Trinajstić information content (AvgIpc) is 3.91. The van der Waals surface area contributed by atoms with Gasteiger partial charge in [0.2, 0.25) is 5.52 Å². The highest BCUT2D eigenvalue weighted by Gasteiger charge is 2.67. The quantitative estimate of drug-likeness (QED) is 0.132. The normalized spacial score (nSPS) is 15.7. The van der Waals surface area contributed by atoms with Crippen molar-refractivity contribution in [3.8, 4) is 50.8 Å². The van der Waals surface area contributed by atoms with Gasteiger partial charge in [0, 0.05) is 39.4 Å². The van der Waals surface area contributed by atoms with Gasteiger partial charge in [0.1, 0.15) is 28.1 Å². The molecule has 0 N–H and O–H groups in total. The Bertz CT molecular complexity index is 3550. The molecule has 5 aromatic heterocycles. The van der Waals surface area contributed by atoms with Gasteiger partial charge in [-0.15, -0.1) is 4.57 Å². The molecule has 0 amide bonds. The number of hydrogen-bond acceptors (Lipinski definition) is 1. The van der Waals surface area contributed by atoms with Gasteiger partial charge < -0.3 is 9.14 Å². The highest BCUT2D eigenvalue weighted by atomic mass is 16.5. The number of rotatable bonds is 3. The van der Waals surface area contributed by atoms with Gasteiger partial charge in [0.25, 0.3) is 5.82 Å². The molecule has 3 aliphatic heterocycles. The summed E-state index contributed by atoms with van der Waals surface area (Å²) in [4.78, 5) is 0. The van der Waals surface area contributed by atoms with Gasteiger partial charge in [-0.1, -0.05) is 109 Å². The number of fused-ring (bicyclic) bond motifs is 8. The van der Waals surface area contributed by atoms with E-state index in [-0.39, 0.29) is 0 Å². The number of para-hydroxylation sites is 1. The standard InChI is InChI=1S/C51H30N4O/c1-4-15-31(16-5-1)42-43(32-17-6-2-7-18-32)48-36-26-28-39-45-44(36)50-38(55(48)47(42)33-19-8-3-9-20-33)23-14-30-53(50)51(45)46-40(56-39)27-25-35-34-21-10-11-22-37(34)54(49(35)46)41-24-12-13-29-52(41)51/h1-30H/q+2. The summed E-state index contributed by atoms with van der Waals surface area (Å²) in [5.74, 6) is 2.91. The van der Waals surface area contributed by atoms with E-state index >= 15 is 0 Å². The highest BCUT2D eigenvalue weighted by Crippen LogP contribution is 2.58. The van der Waals surface area contributed by atoms with Crippen molar-refractivity contribution in [1.82, 2.24) is 8.97 Å². The summed E-state index contributed by atoms with van der Waals surface area (Å²) >= 11 is 0. The molecule has 0 saturated carbocycles. The Hall–Kier alpha value is -7.50. The Labute approximate surface area is 320 Å². The Morgan fingerprint density at radius 1 is 0.446 bits per heavy atom. The van der Waals surface area contributed by atoms with Gasteiger partial charge in [-0.2, -0.15) is 9.13 Å². The van der Waals surface area contributed by atoms with Crippen LogP contribution in [-0.2, 0) is 5.66 Å². The third kappa shape index (κ3) is 3.16. The molecular weight excluding hydrogens is 685 g/mol. The molecule has 1 atom stereocenters. The summed E-state index contributed by atoms with van der Waals surface area (Å²) in [5, 5.41) is 4.90. The summed E-state index contributed by atoms with van der Waals surface area (Å²) in [7, 11) is 0. The Kier molecular flexibility index (Phi) is 5.15. The van der Waals surface area contributed by atoms with Crippen molar-refractivity contribution in [3.63, 3.8) is 0 Å². The minimum atomic E-state index is -0.744. The number of aromatic nitrogens is 4. The molecular formula is C51H30N4O+2. The van der Waals surface area contributed by atoms with E-state index in [0.717, 1.165) is 22.8 Å². The van der Waals surface area contributed by atoms with Crippen LogP contribution in [0.1, 0.15) is 11.1 Å². The molecule has 0 fully saturated rings. The first kappa shape index (κ1) is 28.9. The summed E-state index contributed by atoms with van der Waals surface area (Å²) < 4.78 is 17.2. The second kappa shape index (κ2) is 9.97. The highest BCUT2D eigenvalue weighted by molar-refractivity contribution is 6.21. The molecule has 6 aromatic carbocycles. The maximum Gasteiger partial charge on any atom is 0.374 e. The van der Waals surface area contributed by atoms with E-state index in [1.54, 1.807) is 0 Å². The van der Waals surface area contributed by atoms with Crippen LogP contribution in [0, 0.1) is 0 Å². The molecule has 14 rings (SSSR count). The second-order valence-corrected chi connectivity index (χ2v) is 15.2. The smallest absolute Gasteiger partial charge is 0.374 e. The van der Waals surface area contributed by atoms with E-state index in [0.29, 0.717) is 0 Å². The van der Waals surface area contributed by atoms with Crippen LogP contribution in [0.15, 0.2) is 182 Å². The largest absolute Gasteiger partial charge is 0.456 e. The van der Waals surface area contributed by atoms with Crippen molar-refractivity contribution in [2.45, 2.75) is 5.66 Å². The summed E-state index contributed by atoms with van der Waals surface area (Å²) in [5.41, 5.74) is 14.7. The van der Waals surface area contributed by atoms with Gasteiger partial charge in [-0.05, 0) is 65.2 Å². The number of nitrogens with zero attached hydrogens (tertiary/aromatic N) is 4. The van der Waals surface area contributed by atoms with Crippen LogP contribution in [0.2, 0.25) is 0 Å². The first-order valence-electron chi connectivity index (χ1n) is 19.3. The maximum absolute atomic E-state index is 7.12. The van der Waals surface area contributed by atoms with E-state index in [1.807, 2.05) is 0 Å². The van der Waals surface area contributed by atoms with Gasteiger partial charge in [-0.25, -0.2) is 0 Å². The topological polar surface area (TPSA) is 26.3 Å². The third-order valence-electron chi connectivity index (χ3n) is 12.7. The predicted octanol–water partition coefficient (Wildman–Crippen LogP) is 10.9.